The van der Waals surface area contributed by atoms with Crippen molar-refractivity contribution in [3.05, 3.63) is 42.0 Å². The summed E-state index contributed by atoms with van der Waals surface area (Å²) in [4.78, 5) is 0.377. The van der Waals surface area contributed by atoms with Gasteiger partial charge in [-0.15, -0.1) is 0 Å². The van der Waals surface area contributed by atoms with Crippen molar-refractivity contribution in [1.29, 1.82) is 0 Å². The molecule has 1 heterocycles. The summed E-state index contributed by atoms with van der Waals surface area (Å²) < 4.78 is 34.2. The second-order valence-electron chi connectivity index (χ2n) is 15.5. The van der Waals surface area contributed by atoms with E-state index in [1.807, 2.05) is 25.1 Å². The van der Waals surface area contributed by atoms with Gasteiger partial charge in [0.15, 0.2) is 9.84 Å². The number of fused-ring (bicyclic) bond motifs is 5. The van der Waals surface area contributed by atoms with Crippen molar-refractivity contribution in [2.75, 3.05) is 13.2 Å². The number of benzene rings is 1. The van der Waals surface area contributed by atoms with Crippen molar-refractivity contribution in [3.8, 4) is 0 Å². The minimum absolute atomic E-state index is 0.0475. The first-order valence-electron chi connectivity index (χ1n) is 16.3. The molecule has 0 radical (unpaired) electrons. The first kappa shape index (κ1) is 29.8. The van der Waals surface area contributed by atoms with Crippen LogP contribution in [0.3, 0.4) is 0 Å². The van der Waals surface area contributed by atoms with E-state index < -0.39 is 26.3 Å². The quantitative estimate of drug-likeness (QED) is 0.363. The Bertz CT molecular complexity index is 1250. The molecule has 1 aromatic carbocycles. The summed E-state index contributed by atoms with van der Waals surface area (Å²) in [6.45, 7) is 10.1. The van der Waals surface area contributed by atoms with Crippen LogP contribution in [0.5, 0.6) is 0 Å². The Labute approximate surface area is 248 Å². The number of allylic oxidation sites excluding steroid dienone is 1. The largest absolute Gasteiger partial charge is 0.390 e. The lowest BCUT2D eigenvalue weighted by molar-refractivity contribution is -0.0796. The SMILES string of the molecule is C[C@H](C(CC1(O)CCOCC1)S(=O)(=O)c1ccccc1)[C@H]1CC[C@H]2[C@@H]3CC=C4C[C@@](C)(O)CC[C@]4(C)[C@H]3CC[C@]12C. The zero-order valence-corrected chi connectivity index (χ0v) is 26.5. The zero-order chi connectivity index (χ0) is 29.3. The summed E-state index contributed by atoms with van der Waals surface area (Å²) in [6, 6.07) is 8.93. The highest BCUT2D eigenvalue weighted by molar-refractivity contribution is 7.92. The van der Waals surface area contributed by atoms with Crippen LogP contribution in [0.1, 0.15) is 98.3 Å². The van der Waals surface area contributed by atoms with Crippen LogP contribution in [-0.4, -0.2) is 48.3 Å². The van der Waals surface area contributed by atoms with Crippen LogP contribution in [0, 0.1) is 40.4 Å². The van der Waals surface area contributed by atoms with E-state index in [2.05, 4.69) is 26.8 Å². The molecule has 2 N–H and O–H groups in total. The maximum Gasteiger partial charge on any atom is 0.181 e. The van der Waals surface area contributed by atoms with E-state index in [-0.39, 0.29) is 23.2 Å². The highest BCUT2D eigenvalue weighted by Crippen LogP contribution is 2.68. The predicted octanol–water partition coefficient (Wildman–Crippen LogP) is 6.73. The van der Waals surface area contributed by atoms with Crippen molar-refractivity contribution < 1.29 is 23.4 Å². The topological polar surface area (TPSA) is 83.8 Å². The van der Waals surface area contributed by atoms with Gasteiger partial charge < -0.3 is 14.9 Å². The first-order chi connectivity index (χ1) is 19.3. The van der Waals surface area contributed by atoms with Gasteiger partial charge in [-0.2, -0.15) is 0 Å². The normalized spacial score (nSPS) is 41.9. The molecule has 9 atom stereocenters. The summed E-state index contributed by atoms with van der Waals surface area (Å²) in [7, 11) is -3.63. The molecule has 1 aromatic rings. The number of rotatable bonds is 6. The molecule has 1 saturated heterocycles. The van der Waals surface area contributed by atoms with Gasteiger partial charge in [0.1, 0.15) is 0 Å². The lowest BCUT2D eigenvalue weighted by Crippen LogP contribution is -2.53. The van der Waals surface area contributed by atoms with E-state index in [0.717, 1.165) is 38.5 Å². The third-order valence-corrected chi connectivity index (χ3v) is 15.5. The molecule has 0 amide bonds. The summed E-state index contributed by atoms with van der Waals surface area (Å²) in [5.41, 5.74) is 0.188. The Hall–Kier alpha value is -1.21. The molecule has 3 saturated carbocycles. The number of aliphatic hydroxyl groups is 2. The smallest absolute Gasteiger partial charge is 0.181 e. The van der Waals surface area contributed by atoms with Gasteiger partial charge in [0, 0.05) is 13.2 Å². The van der Waals surface area contributed by atoms with Crippen LogP contribution in [0.4, 0.5) is 0 Å². The lowest BCUT2D eigenvalue weighted by Gasteiger charge is -2.59. The summed E-state index contributed by atoms with van der Waals surface area (Å²) in [6.07, 6.45) is 12.2. The molecule has 6 rings (SSSR count). The fraction of sp³-hybridized carbons (Fsp3) is 0.771. The van der Waals surface area contributed by atoms with Crippen molar-refractivity contribution in [2.24, 2.45) is 40.4 Å². The second-order valence-corrected chi connectivity index (χ2v) is 17.6. The molecule has 5 aliphatic rings. The van der Waals surface area contributed by atoms with Crippen molar-refractivity contribution >= 4 is 9.84 Å². The molecule has 228 valence electrons. The molecule has 1 unspecified atom stereocenters. The molecular weight excluding hydrogens is 532 g/mol. The maximum absolute atomic E-state index is 14.3. The van der Waals surface area contributed by atoms with Gasteiger partial charge >= 0.3 is 0 Å². The van der Waals surface area contributed by atoms with Crippen LogP contribution in [0.25, 0.3) is 0 Å². The third-order valence-electron chi connectivity index (χ3n) is 13.1. The number of sulfone groups is 1. The Morgan fingerprint density at radius 3 is 2.34 bits per heavy atom. The average Bonchev–Trinajstić information content (AvgIpc) is 3.30. The molecule has 4 fully saturated rings. The molecule has 0 aromatic heterocycles. The van der Waals surface area contributed by atoms with Gasteiger partial charge in [-0.05, 0) is 130 Å². The molecular formula is C35H52O5S. The average molecular weight is 585 g/mol. The minimum Gasteiger partial charge on any atom is -0.390 e. The van der Waals surface area contributed by atoms with Crippen LogP contribution in [-0.2, 0) is 14.6 Å². The highest BCUT2D eigenvalue weighted by Gasteiger charge is 2.61. The van der Waals surface area contributed by atoms with Crippen molar-refractivity contribution in [3.63, 3.8) is 0 Å². The van der Waals surface area contributed by atoms with Gasteiger partial charge in [-0.25, -0.2) is 8.42 Å². The summed E-state index contributed by atoms with van der Waals surface area (Å²) in [5.74, 6) is 2.14. The number of hydrogen-bond acceptors (Lipinski definition) is 5. The highest BCUT2D eigenvalue weighted by atomic mass is 32.2. The van der Waals surface area contributed by atoms with Crippen LogP contribution >= 0.6 is 0 Å². The van der Waals surface area contributed by atoms with E-state index in [1.54, 1.807) is 12.1 Å². The van der Waals surface area contributed by atoms with Crippen LogP contribution in [0.2, 0.25) is 0 Å². The van der Waals surface area contributed by atoms with Gasteiger partial charge in [-0.3, -0.25) is 0 Å². The minimum atomic E-state index is -3.63. The molecule has 0 bridgehead atoms. The van der Waals surface area contributed by atoms with Gasteiger partial charge in [0.25, 0.3) is 0 Å². The Balaban J connectivity index is 1.30. The number of ether oxygens (including phenoxy) is 1. The summed E-state index contributed by atoms with van der Waals surface area (Å²) >= 11 is 0. The third kappa shape index (κ3) is 5.07. The van der Waals surface area contributed by atoms with E-state index in [0.29, 0.717) is 54.6 Å². The van der Waals surface area contributed by atoms with Crippen molar-refractivity contribution in [1.82, 2.24) is 0 Å². The predicted molar refractivity (Wildman–Crippen MR) is 162 cm³/mol. The van der Waals surface area contributed by atoms with E-state index in [4.69, 9.17) is 4.74 Å². The van der Waals surface area contributed by atoms with Gasteiger partial charge in [0.2, 0.25) is 0 Å². The maximum atomic E-state index is 14.3. The first-order valence-corrected chi connectivity index (χ1v) is 17.8. The number of hydrogen-bond donors (Lipinski definition) is 2. The van der Waals surface area contributed by atoms with Crippen molar-refractivity contribution in [2.45, 2.75) is 120 Å². The Morgan fingerprint density at radius 1 is 0.927 bits per heavy atom. The zero-order valence-electron chi connectivity index (χ0n) is 25.6. The molecule has 0 spiro atoms. The van der Waals surface area contributed by atoms with Crippen LogP contribution < -0.4 is 0 Å². The Morgan fingerprint density at radius 2 is 1.63 bits per heavy atom. The van der Waals surface area contributed by atoms with E-state index >= 15 is 0 Å². The lowest BCUT2D eigenvalue weighted by atomic mass is 9.46. The van der Waals surface area contributed by atoms with Gasteiger partial charge in [-0.1, -0.05) is 50.6 Å². The standard InChI is InChI=1S/C35H52O5S/c1-24(31(23-35(37)18-20-40-21-19-35)41(38,39)26-8-6-5-7-9-26)28-12-13-29-27-11-10-25-22-32(2,36)16-17-33(25,3)30(27)14-15-34(28,29)4/h5-10,24,27-31,36-37H,11-23H2,1-4H3/t24-,27-,28+,29-,30-,31?,32-,33-,34+/m0/s1. The van der Waals surface area contributed by atoms with E-state index in [1.165, 1.54) is 18.4 Å². The van der Waals surface area contributed by atoms with Crippen LogP contribution in [0.15, 0.2) is 46.9 Å². The molecule has 41 heavy (non-hydrogen) atoms. The molecule has 4 aliphatic carbocycles. The fourth-order valence-electron chi connectivity index (χ4n) is 10.7. The van der Waals surface area contributed by atoms with E-state index in [9.17, 15) is 18.6 Å². The summed E-state index contributed by atoms with van der Waals surface area (Å²) in [5, 5.41) is 21.8. The molecule has 6 heteroatoms. The molecule has 1 aliphatic heterocycles. The second kappa shape index (κ2) is 10.5. The fourth-order valence-corrected chi connectivity index (χ4v) is 12.8. The Kier molecular flexibility index (Phi) is 7.61. The monoisotopic (exact) mass is 584 g/mol. The molecule has 5 nitrogen and oxygen atoms in total. The van der Waals surface area contributed by atoms with Gasteiger partial charge in [0.05, 0.1) is 21.3 Å².